The summed E-state index contributed by atoms with van der Waals surface area (Å²) in [4.78, 5) is 12.2. The van der Waals surface area contributed by atoms with Gasteiger partial charge in [0.15, 0.2) is 0 Å². The van der Waals surface area contributed by atoms with E-state index in [1.807, 2.05) is 29.5 Å². The van der Waals surface area contributed by atoms with E-state index in [0.717, 1.165) is 0 Å². The molecule has 19 heavy (non-hydrogen) atoms. The van der Waals surface area contributed by atoms with Crippen LogP contribution >= 0.6 is 9.24 Å². The zero-order valence-corrected chi connectivity index (χ0v) is 16.2. The van der Waals surface area contributed by atoms with Gasteiger partial charge in [0.1, 0.15) is 0 Å². The maximum absolute atomic E-state index is 13.5. The van der Waals surface area contributed by atoms with Crippen LogP contribution in [0.25, 0.3) is 0 Å². The third-order valence-electron chi connectivity index (χ3n) is 2.46. The van der Waals surface area contributed by atoms with Crippen LogP contribution in [0.4, 0.5) is 13.6 Å². The van der Waals surface area contributed by atoms with Gasteiger partial charge >= 0.3 is 51.4 Å². The Morgan fingerprint density at radius 1 is 1.53 bits per heavy atom. The van der Waals surface area contributed by atoms with Crippen LogP contribution in [0.2, 0.25) is 0 Å². The summed E-state index contributed by atoms with van der Waals surface area (Å²) >= 11 is 0. The Hall–Kier alpha value is 1.36. The van der Waals surface area contributed by atoms with E-state index in [-0.39, 0.29) is 63.8 Å². The molecule has 1 saturated heterocycles. The van der Waals surface area contributed by atoms with Crippen LogP contribution in [0.5, 0.6) is 0 Å². The van der Waals surface area contributed by atoms with Crippen molar-refractivity contribution in [2.24, 2.45) is 0 Å². The third-order valence-corrected chi connectivity index (χ3v) is 2.63. The average Bonchev–Trinajstić information content (AvgIpc) is 2.21. The fraction of sp³-hybridized carbons (Fsp3) is 0.667. The fourth-order valence-electron chi connectivity index (χ4n) is 1.63. The van der Waals surface area contributed by atoms with Gasteiger partial charge in [0.05, 0.1) is 12.6 Å². The van der Waals surface area contributed by atoms with Crippen molar-refractivity contribution in [3.05, 3.63) is 20.3 Å². The van der Waals surface area contributed by atoms with E-state index < -0.39 is 24.2 Å². The zero-order valence-electron chi connectivity index (χ0n) is 12.0. The second kappa shape index (κ2) is 11.0. The Labute approximate surface area is 160 Å². The van der Waals surface area contributed by atoms with Crippen molar-refractivity contribution in [1.82, 2.24) is 10.2 Å². The molecule has 3 nitrogen and oxygen atoms in total. The molecule has 7 heteroatoms. The molecule has 1 aliphatic heterocycles. The normalized spacial score (nSPS) is 22.0. The molecule has 0 bridgehead atoms. The molecule has 0 aromatic heterocycles. The Bertz CT molecular complexity index is 268. The van der Waals surface area contributed by atoms with Gasteiger partial charge in [-0.25, -0.2) is 14.8 Å². The van der Waals surface area contributed by atoms with Crippen LogP contribution < -0.4 is 56.7 Å². The zero-order chi connectivity index (χ0) is 14.3. The van der Waals surface area contributed by atoms with Gasteiger partial charge in [-0.3, -0.25) is 4.79 Å². The van der Waals surface area contributed by atoms with Crippen LogP contribution in [0, 0.1) is 20.3 Å². The molecular formula is C12H22F2KN2OP-2. The molecule has 1 rings (SSSR count). The molecule has 0 aromatic rings. The molecule has 0 aromatic carbocycles. The molecule has 2 atom stereocenters. The molecule has 0 spiro atoms. The van der Waals surface area contributed by atoms with Crippen LogP contribution in [0.15, 0.2) is 0 Å². The molecule has 1 aliphatic rings. The predicted molar refractivity (Wildman–Crippen MR) is 73.3 cm³/mol. The van der Waals surface area contributed by atoms with Crippen molar-refractivity contribution >= 4 is 14.9 Å². The third kappa shape index (κ3) is 9.07. The summed E-state index contributed by atoms with van der Waals surface area (Å²) < 4.78 is 27.0. The monoisotopic (exact) mass is 318 g/mol. The number of halogens is 2. The number of hydrogen-bond acceptors (Lipinski definition) is 2. The maximum atomic E-state index is 13.5. The van der Waals surface area contributed by atoms with E-state index in [1.54, 1.807) is 0 Å². The molecular weight excluding hydrogens is 296 g/mol. The number of carbonyl (C=O) groups is 1. The Morgan fingerprint density at radius 2 is 2.00 bits per heavy atom. The number of carbonyl (C=O) groups excluding carboxylic acids is 1. The number of nitrogens with one attached hydrogen (secondary N) is 1. The summed E-state index contributed by atoms with van der Waals surface area (Å²) in [6, 6.07) is -1.47. The number of hydrogen-bond donors (Lipinski definition) is 1. The number of rotatable bonds is 2. The number of piperidine rings is 1. The Morgan fingerprint density at radius 3 is 2.32 bits per heavy atom. The van der Waals surface area contributed by atoms with Crippen molar-refractivity contribution in [3.63, 3.8) is 0 Å². The first-order valence-electron chi connectivity index (χ1n) is 5.82. The van der Waals surface area contributed by atoms with E-state index in [0.29, 0.717) is 6.54 Å². The maximum Gasteiger partial charge on any atom is 1.00 e. The SMILES string of the molecule is C[CH-]C.[CH2-]C([CH2-])N1CCC(NC(=O)P)C(F)(F)C1.[K+]. The van der Waals surface area contributed by atoms with E-state index in [1.165, 1.54) is 4.90 Å². The molecule has 1 N–H and O–H groups in total. The van der Waals surface area contributed by atoms with E-state index in [2.05, 4.69) is 19.2 Å². The van der Waals surface area contributed by atoms with Crippen LogP contribution in [-0.2, 0) is 0 Å². The first-order valence-corrected chi connectivity index (χ1v) is 6.40. The van der Waals surface area contributed by atoms with E-state index in [4.69, 9.17) is 0 Å². The average molecular weight is 318 g/mol. The standard InChI is InChI=1S/C9H15F2N2OP.C3H7.K/c1-6(2)13-4-3-7(12-8(14)15)9(10,11)5-13;1-3-2;/h6-7H,1-5,15H2,(H,12,14);3H,1-2H3;/q-2;-1;+1. The molecule has 0 aliphatic carbocycles. The summed E-state index contributed by atoms with van der Waals surface area (Å²) in [5, 5.41) is 2.24. The van der Waals surface area contributed by atoms with Gasteiger partial charge in [0, 0.05) is 0 Å². The minimum Gasteiger partial charge on any atom is -0.356 e. The summed E-state index contributed by atoms with van der Waals surface area (Å²) in [6.45, 7) is 11.3. The van der Waals surface area contributed by atoms with Crippen molar-refractivity contribution in [3.8, 4) is 0 Å². The molecule has 1 amide bonds. The summed E-state index contributed by atoms with van der Waals surface area (Å²) in [5.41, 5.74) is -0.506. The van der Waals surface area contributed by atoms with E-state index in [9.17, 15) is 13.6 Å². The van der Waals surface area contributed by atoms with Gasteiger partial charge in [0.25, 0.3) is 5.92 Å². The molecule has 0 radical (unpaired) electrons. The van der Waals surface area contributed by atoms with Crippen molar-refractivity contribution in [2.75, 3.05) is 13.1 Å². The Balaban J connectivity index is 0. The van der Waals surface area contributed by atoms with Gasteiger partial charge < -0.3 is 30.5 Å². The summed E-state index contributed by atoms with van der Waals surface area (Å²) in [5.74, 6) is -2.92. The quantitative estimate of drug-likeness (QED) is 0.425. The number of nitrogens with zero attached hydrogens (tertiary/aromatic N) is 1. The minimum atomic E-state index is -2.92. The van der Waals surface area contributed by atoms with Crippen LogP contribution in [0.1, 0.15) is 20.3 Å². The van der Waals surface area contributed by atoms with E-state index >= 15 is 0 Å². The first kappa shape index (κ1) is 22.6. The predicted octanol–water partition coefficient (Wildman–Crippen LogP) is -0.448. The number of amides is 1. The largest absolute Gasteiger partial charge is 1.00 e. The smallest absolute Gasteiger partial charge is 0.356 e. The molecule has 0 saturated carbocycles. The van der Waals surface area contributed by atoms with Gasteiger partial charge in [0.2, 0.25) is 5.65 Å². The van der Waals surface area contributed by atoms with Gasteiger partial charge in [-0.2, -0.15) is 13.8 Å². The minimum absolute atomic E-state index is 0. The fourth-order valence-corrected chi connectivity index (χ4v) is 1.83. The van der Waals surface area contributed by atoms with Gasteiger partial charge in [-0.05, 0) is 22.2 Å². The molecule has 1 heterocycles. The number of likely N-dealkylation sites (tertiary alicyclic amines) is 1. The number of alkyl halides is 2. The molecule has 108 valence electrons. The van der Waals surface area contributed by atoms with Gasteiger partial charge in [-0.1, -0.05) is 0 Å². The second-order valence-corrected chi connectivity index (χ2v) is 4.84. The topological polar surface area (TPSA) is 32.3 Å². The van der Waals surface area contributed by atoms with Crippen molar-refractivity contribution in [1.29, 1.82) is 0 Å². The first-order chi connectivity index (χ1) is 8.24. The van der Waals surface area contributed by atoms with Crippen molar-refractivity contribution < 1.29 is 65.0 Å². The van der Waals surface area contributed by atoms with Crippen molar-refractivity contribution in [2.45, 2.75) is 38.3 Å². The van der Waals surface area contributed by atoms with Crippen LogP contribution in [0.3, 0.4) is 0 Å². The molecule has 2 unspecified atom stereocenters. The summed E-state index contributed by atoms with van der Waals surface area (Å²) in [7, 11) is 1.84. The van der Waals surface area contributed by atoms with Gasteiger partial charge in [-0.15, -0.1) is 0 Å². The second-order valence-electron chi connectivity index (χ2n) is 4.31. The van der Waals surface area contributed by atoms with Crippen LogP contribution in [-0.4, -0.2) is 41.6 Å². The summed E-state index contributed by atoms with van der Waals surface area (Å²) in [6.07, 6.45) is 2.22. The molecule has 1 fully saturated rings. The Kier molecular flexibility index (Phi) is 13.1.